The Labute approximate surface area is 140 Å². The largest absolute Gasteiger partial charge is 0.465 e. The van der Waals surface area contributed by atoms with Gasteiger partial charge < -0.3 is 9.84 Å². The quantitative estimate of drug-likeness (QED) is 0.627. The van der Waals surface area contributed by atoms with Crippen LogP contribution in [0.25, 0.3) is 0 Å². The Morgan fingerprint density at radius 3 is 2.87 bits per heavy atom. The molecular weight excluding hydrogens is 288 g/mol. The summed E-state index contributed by atoms with van der Waals surface area (Å²) in [6, 6.07) is 0. The molecule has 1 saturated heterocycles. The van der Waals surface area contributed by atoms with Gasteiger partial charge in [-0.25, -0.2) is 0 Å². The minimum Gasteiger partial charge on any atom is -0.465 e. The van der Waals surface area contributed by atoms with Gasteiger partial charge in [-0.2, -0.15) is 0 Å². The summed E-state index contributed by atoms with van der Waals surface area (Å²) < 4.78 is 5.46. The second-order valence-corrected chi connectivity index (χ2v) is 7.58. The molecule has 1 fully saturated rings. The molecule has 0 saturated carbocycles. The highest BCUT2D eigenvalue weighted by atomic mass is 16.5. The van der Waals surface area contributed by atoms with Gasteiger partial charge in [-0.05, 0) is 58.8 Å². The summed E-state index contributed by atoms with van der Waals surface area (Å²) in [7, 11) is 0. The number of fused-ring (bicyclic) bond motifs is 1. The molecule has 1 heterocycles. The average molecular weight is 318 g/mol. The number of carbonyl (C=O) groups excluding carboxylic acids is 1. The number of aliphatic hydroxyl groups is 1. The average Bonchev–Trinajstić information content (AvgIpc) is 2.51. The van der Waals surface area contributed by atoms with Crippen molar-refractivity contribution in [2.24, 2.45) is 17.8 Å². The van der Waals surface area contributed by atoms with Crippen LogP contribution in [0.15, 0.2) is 36.0 Å². The lowest BCUT2D eigenvalue weighted by molar-refractivity contribution is -0.160. The fourth-order valence-electron chi connectivity index (χ4n) is 3.64. The highest BCUT2D eigenvalue weighted by Gasteiger charge is 2.40. The predicted octanol–water partition coefficient (Wildman–Crippen LogP) is 4.19. The molecule has 0 aromatic rings. The number of esters is 1. The number of ether oxygens (including phenoxy) is 1. The summed E-state index contributed by atoms with van der Waals surface area (Å²) in [6.07, 6.45) is 10.7. The summed E-state index contributed by atoms with van der Waals surface area (Å²) in [6.45, 7) is 10.4. The van der Waals surface area contributed by atoms with Crippen LogP contribution < -0.4 is 0 Å². The van der Waals surface area contributed by atoms with E-state index < -0.39 is 5.60 Å². The van der Waals surface area contributed by atoms with Crippen molar-refractivity contribution in [3.63, 3.8) is 0 Å². The Bertz CT molecular complexity index is 507. The minimum absolute atomic E-state index is 0.0969. The van der Waals surface area contributed by atoms with Crippen molar-refractivity contribution < 1.29 is 14.6 Å². The van der Waals surface area contributed by atoms with E-state index in [4.69, 9.17) is 4.74 Å². The van der Waals surface area contributed by atoms with E-state index in [1.807, 2.05) is 6.08 Å². The molecule has 1 aliphatic heterocycles. The zero-order valence-corrected chi connectivity index (χ0v) is 14.7. The maximum atomic E-state index is 12.3. The van der Waals surface area contributed by atoms with Gasteiger partial charge in [0.25, 0.3) is 0 Å². The molecule has 0 spiro atoms. The van der Waals surface area contributed by atoms with E-state index in [1.165, 1.54) is 11.1 Å². The van der Waals surface area contributed by atoms with E-state index in [0.29, 0.717) is 13.0 Å². The van der Waals surface area contributed by atoms with Crippen LogP contribution in [0.1, 0.15) is 52.9 Å². The molecule has 0 amide bonds. The highest BCUT2D eigenvalue weighted by molar-refractivity contribution is 5.74. The van der Waals surface area contributed by atoms with Crippen molar-refractivity contribution in [2.45, 2.75) is 58.5 Å². The molecule has 0 radical (unpaired) electrons. The third kappa shape index (κ3) is 5.07. The van der Waals surface area contributed by atoms with Crippen molar-refractivity contribution in [3.8, 4) is 0 Å². The molecule has 1 aliphatic carbocycles. The number of carbonyl (C=O) groups is 1. The topological polar surface area (TPSA) is 46.5 Å². The Morgan fingerprint density at radius 1 is 1.43 bits per heavy atom. The highest BCUT2D eigenvalue weighted by Crippen LogP contribution is 2.40. The second-order valence-electron chi connectivity index (χ2n) is 7.58. The normalized spacial score (nSPS) is 32.3. The van der Waals surface area contributed by atoms with E-state index in [9.17, 15) is 9.90 Å². The molecule has 0 bridgehead atoms. The SMILES string of the molecule is C=C1CC/C=C(/C)CC[C@@H]2[C@H](C/C=C/C(C)(C)O)C(=O)OC[C@@H]12. The van der Waals surface area contributed by atoms with E-state index in [0.717, 1.165) is 25.7 Å². The summed E-state index contributed by atoms with van der Waals surface area (Å²) in [5.41, 5.74) is 1.77. The molecule has 2 aliphatic rings. The first-order chi connectivity index (χ1) is 10.8. The van der Waals surface area contributed by atoms with Gasteiger partial charge in [0.1, 0.15) is 0 Å². The molecule has 3 heteroatoms. The van der Waals surface area contributed by atoms with Gasteiger partial charge in [0.2, 0.25) is 0 Å². The smallest absolute Gasteiger partial charge is 0.309 e. The Hall–Kier alpha value is -1.35. The van der Waals surface area contributed by atoms with Gasteiger partial charge in [0.15, 0.2) is 0 Å². The summed E-state index contributed by atoms with van der Waals surface area (Å²) in [5.74, 6) is 0.333. The zero-order chi connectivity index (χ0) is 17.0. The Kier molecular flexibility index (Phi) is 5.85. The van der Waals surface area contributed by atoms with Crippen molar-refractivity contribution in [1.82, 2.24) is 0 Å². The molecule has 0 aromatic carbocycles. The molecule has 128 valence electrons. The molecule has 3 nitrogen and oxygen atoms in total. The lowest BCUT2D eigenvalue weighted by Crippen LogP contribution is -2.40. The fraction of sp³-hybridized carbons (Fsp3) is 0.650. The van der Waals surface area contributed by atoms with Crippen LogP contribution in [-0.2, 0) is 9.53 Å². The van der Waals surface area contributed by atoms with Gasteiger partial charge in [-0.3, -0.25) is 4.79 Å². The molecule has 1 N–H and O–H groups in total. The lowest BCUT2D eigenvalue weighted by atomic mass is 9.72. The number of rotatable bonds is 3. The number of allylic oxidation sites excluding steroid dienone is 3. The lowest BCUT2D eigenvalue weighted by Gasteiger charge is -2.37. The van der Waals surface area contributed by atoms with Crippen molar-refractivity contribution in [2.75, 3.05) is 6.61 Å². The number of hydrogen-bond acceptors (Lipinski definition) is 3. The van der Waals surface area contributed by atoms with Crippen molar-refractivity contribution >= 4 is 5.97 Å². The first kappa shape index (κ1) is 18.0. The Balaban J connectivity index is 2.17. The van der Waals surface area contributed by atoms with Crippen molar-refractivity contribution in [3.05, 3.63) is 36.0 Å². The van der Waals surface area contributed by atoms with Gasteiger partial charge in [-0.1, -0.05) is 36.0 Å². The number of hydrogen-bond donors (Lipinski definition) is 1. The first-order valence-electron chi connectivity index (χ1n) is 8.68. The molecule has 0 aromatic heterocycles. The minimum atomic E-state index is -0.848. The molecule has 2 rings (SSSR count). The maximum Gasteiger partial charge on any atom is 0.309 e. The first-order valence-corrected chi connectivity index (χ1v) is 8.68. The van der Waals surface area contributed by atoms with E-state index in [1.54, 1.807) is 19.9 Å². The van der Waals surface area contributed by atoms with Gasteiger partial charge in [0.05, 0.1) is 18.1 Å². The van der Waals surface area contributed by atoms with Crippen LogP contribution in [0.2, 0.25) is 0 Å². The van der Waals surface area contributed by atoms with Crippen LogP contribution in [0.5, 0.6) is 0 Å². The second kappa shape index (κ2) is 7.48. The standard InChI is InChI=1S/C20H30O3/c1-14-7-5-8-15(2)18-13-23-19(21)17(16(18)11-10-14)9-6-12-20(3,4)22/h6-7,12,16-18,22H,2,5,8-11,13H2,1,3-4H3/b12-6+,14-7-/t16-,17+,18+/m1/s1. The van der Waals surface area contributed by atoms with Gasteiger partial charge in [0, 0.05) is 5.92 Å². The third-order valence-corrected chi connectivity index (χ3v) is 5.01. The Morgan fingerprint density at radius 2 is 2.17 bits per heavy atom. The van der Waals surface area contributed by atoms with Crippen LogP contribution >= 0.6 is 0 Å². The predicted molar refractivity (Wildman–Crippen MR) is 92.8 cm³/mol. The number of cyclic esters (lactones) is 1. The zero-order valence-electron chi connectivity index (χ0n) is 14.7. The fourth-order valence-corrected chi connectivity index (χ4v) is 3.64. The van der Waals surface area contributed by atoms with Crippen LogP contribution in [0.4, 0.5) is 0 Å². The molecule has 0 unspecified atom stereocenters. The summed E-state index contributed by atoms with van der Waals surface area (Å²) in [5, 5.41) is 9.82. The van der Waals surface area contributed by atoms with E-state index in [-0.39, 0.29) is 23.7 Å². The van der Waals surface area contributed by atoms with Gasteiger partial charge >= 0.3 is 5.97 Å². The molecule has 3 atom stereocenters. The van der Waals surface area contributed by atoms with E-state index >= 15 is 0 Å². The third-order valence-electron chi connectivity index (χ3n) is 5.01. The van der Waals surface area contributed by atoms with Crippen LogP contribution in [0.3, 0.4) is 0 Å². The molecular formula is C20H30O3. The van der Waals surface area contributed by atoms with Crippen molar-refractivity contribution in [1.29, 1.82) is 0 Å². The summed E-state index contributed by atoms with van der Waals surface area (Å²) in [4.78, 5) is 12.3. The monoisotopic (exact) mass is 318 g/mol. The van der Waals surface area contributed by atoms with Gasteiger partial charge in [-0.15, -0.1) is 0 Å². The maximum absolute atomic E-state index is 12.3. The molecule has 23 heavy (non-hydrogen) atoms. The van der Waals surface area contributed by atoms with Crippen LogP contribution in [0, 0.1) is 17.8 Å². The van der Waals surface area contributed by atoms with E-state index in [2.05, 4.69) is 19.6 Å². The van der Waals surface area contributed by atoms with Crippen LogP contribution in [-0.4, -0.2) is 23.3 Å². The summed E-state index contributed by atoms with van der Waals surface area (Å²) >= 11 is 0.